The van der Waals surface area contributed by atoms with Crippen molar-refractivity contribution in [2.45, 2.75) is 0 Å². The van der Waals surface area contributed by atoms with Crippen LogP contribution in [0.25, 0.3) is 0 Å². The predicted octanol–water partition coefficient (Wildman–Crippen LogP) is -0.528. The molecule has 0 amide bonds. The molecule has 0 radical (unpaired) electrons. The lowest BCUT2D eigenvalue weighted by Crippen LogP contribution is -2.23. The summed E-state index contributed by atoms with van der Waals surface area (Å²) in [6.45, 7) is 0.457. The SMILES string of the molecule is O=S(=O)(O)N1CCN=N1. The first-order chi connectivity index (χ1) is 4.11. The molecular formula is C2H5N3O3S. The third-order valence-electron chi connectivity index (χ3n) is 0.821. The molecule has 1 aliphatic rings. The van der Waals surface area contributed by atoms with Crippen LogP contribution in [-0.2, 0) is 10.3 Å². The van der Waals surface area contributed by atoms with Gasteiger partial charge < -0.3 is 0 Å². The van der Waals surface area contributed by atoms with Crippen molar-refractivity contribution in [2.75, 3.05) is 13.1 Å². The summed E-state index contributed by atoms with van der Waals surface area (Å²) in [4.78, 5) is 0. The summed E-state index contributed by atoms with van der Waals surface area (Å²) in [5.74, 6) is 0. The normalized spacial score (nSPS) is 19.0. The van der Waals surface area contributed by atoms with Gasteiger partial charge in [0.25, 0.3) is 0 Å². The molecule has 6 nitrogen and oxygen atoms in total. The fourth-order valence-electron chi connectivity index (χ4n) is 0.452. The van der Waals surface area contributed by atoms with Gasteiger partial charge in [0, 0.05) is 0 Å². The molecule has 1 heterocycles. The molecule has 1 rings (SSSR count). The molecule has 0 aromatic heterocycles. The number of hydrogen-bond acceptors (Lipinski definition) is 4. The Bertz CT molecular complexity index is 219. The summed E-state index contributed by atoms with van der Waals surface area (Å²) in [6, 6.07) is 0. The van der Waals surface area contributed by atoms with Gasteiger partial charge in [0.2, 0.25) is 0 Å². The van der Waals surface area contributed by atoms with Crippen LogP contribution in [0, 0.1) is 0 Å². The van der Waals surface area contributed by atoms with Crippen LogP contribution in [0.5, 0.6) is 0 Å². The van der Waals surface area contributed by atoms with Gasteiger partial charge in [-0.1, -0.05) is 5.22 Å². The third kappa shape index (κ3) is 1.36. The maximum absolute atomic E-state index is 10.2. The Balaban J connectivity index is 2.76. The van der Waals surface area contributed by atoms with Gasteiger partial charge in [-0.05, 0) is 0 Å². The predicted molar refractivity (Wildman–Crippen MR) is 28.0 cm³/mol. The van der Waals surface area contributed by atoms with E-state index in [0.29, 0.717) is 11.0 Å². The minimum atomic E-state index is -4.13. The lowest BCUT2D eigenvalue weighted by atomic mass is 10.7. The van der Waals surface area contributed by atoms with Crippen LogP contribution in [0.1, 0.15) is 0 Å². The fourth-order valence-corrected chi connectivity index (χ4v) is 0.908. The largest absolute Gasteiger partial charge is 0.376 e. The minimum Gasteiger partial charge on any atom is -0.268 e. The molecule has 0 aromatic carbocycles. The van der Waals surface area contributed by atoms with E-state index in [0.717, 1.165) is 0 Å². The van der Waals surface area contributed by atoms with Gasteiger partial charge in [-0.3, -0.25) is 4.55 Å². The van der Waals surface area contributed by atoms with Crippen LogP contribution in [0.3, 0.4) is 0 Å². The molecule has 7 heteroatoms. The Morgan fingerprint density at radius 2 is 2.22 bits per heavy atom. The van der Waals surface area contributed by atoms with E-state index in [1.54, 1.807) is 0 Å². The molecule has 0 saturated carbocycles. The zero-order chi connectivity index (χ0) is 6.91. The van der Waals surface area contributed by atoms with Crippen LogP contribution in [0.15, 0.2) is 10.3 Å². The lowest BCUT2D eigenvalue weighted by molar-refractivity contribution is 0.380. The summed E-state index contributed by atoms with van der Waals surface area (Å²) < 4.78 is 29.1. The van der Waals surface area contributed by atoms with E-state index in [1.165, 1.54) is 0 Å². The summed E-state index contributed by atoms with van der Waals surface area (Å²) in [5, 5.41) is 6.47. The average Bonchev–Trinajstić information content (AvgIpc) is 2.08. The van der Waals surface area contributed by atoms with Gasteiger partial charge in [-0.2, -0.15) is 13.5 Å². The smallest absolute Gasteiger partial charge is 0.268 e. The topological polar surface area (TPSA) is 82.3 Å². The molecule has 0 aliphatic carbocycles. The van der Waals surface area contributed by atoms with Crippen LogP contribution >= 0.6 is 0 Å². The molecule has 0 atom stereocenters. The molecule has 0 bridgehead atoms. The first kappa shape index (κ1) is 6.43. The molecular weight excluding hydrogens is 146 g/mol. The van der Waals surface area contributed by atoms with E-state index in [4.69, 9.17) is 4.55 Å². The van der Waals surface area contributed by atoms with Gasteiger partial charge in [-0.15, -0.1) is 4.41 Å². The Morgan fingerprint density at radius 3 is 2.44 bits per heavy atom. The fraction of sp³-hybridized carbons (Fsp3) is 1.00. The van der Waals surface area contributed by atoms with E-state index < -0.39 is 10.3 Å². The standard InChI is InChI=1S/C2H5N3O3S/c6-9(7,8)5-2-1-3-4-5/h1-2H2,(H,6,7,8). The van der Waals surface area contributed by atoms with E-state index in [-0.39, 0.29) is 6.54 Å². The van der Waals surface area contributed by atoms with Gasteiger partial charge in [0.05, 0.1) is 13.1 Å². The molecule has 0 spiro atoms. The molecule has 0 unspecified atom stereocenters. The van der Waals surface area contributed by atoms with Crippen molar-refractivity contribution in [3.63, 3.8) is 0 Å². The maximum Gasteiger partial charge on any atom is 0.376 e. The zero-order valence-corrected chi connectivity index (χ0v) is 5.24. The molecule has 9 heavy (non-hydrogen) atoms. The number of nitrogens with zero attached hydrogens (tertiary/aromatic N) is 3. The van der Waals surface area contributed by atoms with Gasteiger partial charge in [0.1, 0.15) is 0 Å². The lowest BCUT2D eigenvalue weighted by Gasteiger charge is -2.03. The van der Waals surface area contributed by atoms with E-state index in [9.17, 15) is 8.42 Å². The van der Waals surface area contributed by atoms with Crippen molar-refractivity contribution in [3.05, 3.63) is 0 Å². The molecule has 0 saturated heterocycles. The summed E-state index contributed by atoms with van der Waals surface area (Å²) in [6.07, 6.45) is 0. The number of rotatable bonds is 1. The second-order valence-electron chi connectivity index (χ2n) is 1.48. The third-order valence-corrected chi connectivity index (χ3v) is 1.61. The average molecular weight is 151 g/mol. The highest BCUT2D eigenvalue weighted by molar-refractivity contribution is 7.83. The Hall–Kier alpha value is -0.690. The van der Waals surface area contributed by atoms with Crippen LogP contribution in [-0.4, -0.2) is 30.5 Å². The molecule has 0 fully saturated rings. The second-order valence-corrected chi connectivity index (χ2v) is 2.80. The Labute approximate surface area is 52.0 Å². The molecule has 1 aliphatic heterocycles. The van der Waals surface area contributed by atoms with E-state index in [1.807, 2.05) is 0 Å². The molecule has 1 N–H and O–H groups in total. The van der Waals surface area contributed by atoms with Crippen molar-refractivity contribution in [2.24, 2.45) is 10.3 Å². The van der Waals surface area contributed by atoms with Gasteiger partial charge in [-0.25, -0.2) is 0 Å². The summed E-state index contributed by atoms with van der Waals surface area (Å²) in [5.41, 5.74) is 0. The van der Waals surface area contributed by atoms with Gasteiger partial charge in [0.15, 0.2) is 0 Å². The molecule has 0 aromatic rings. The first-order valence-corrected chi connectivity index (χ1v) is 3.63. The van der Waals surface area contributed by atoms with Crippen molar-refractivity contribution < 1.29 is 13.0 Å². The Kier molecular flexibility index (Phi) is 1.37. The molecule has 52 valence electrons. The van der Waals surface area contributed by atoms with Crippen molar-refractivity contribution in [1.82, 2.24) is 4.41 Å². The zero-order valence-electron chi connectivity index (χ0n) is 4.43. The highest BCUT2D eigenvalue weighted by Gasteiger charge is 2.19. The second kappa shape index (κ2) is 1.92. The van der Waals surface area contributed by atoms with Crippen LogP contribution in [0.4, 0.5) is 0 Å². The van der Waals surface area contributed by atoms with Crippen molar-refractivity contribution in [3.8, 4) is 0 Å². The van der Waals surface area contributed by atoms with Crippen molar-refractivity contribution >= 4 is 10.3 Å². The highest BCUT2D eigenvalue weighted by Crippen LogP contribution is 2.03. The quantitative estimate of drug-likeness (QED) is 0.511. The van der Waals surface area contributed by atoms with Gasteiger partial charge >= 0.3 is 10.3 Å². The minimum absolute atomic E-state index is 0.138. The maximum atomic E-state index is 10.2. The first-order valence-electron chi connectivity index (χ1n) is 2.23. The number of hydrogen-bond donors (Lipinski definition) is 1. The highest BCUT2D eigenvalue weighted by atomic mass is 32.2. The van der Waals surface area contributed by atoms with E-state index in [2.05, 4.69) is 10.3 Å². The van der Waals surface area contributed by atoms with Crippen LogP contribution in [0.2, 0.25) is 0 Å². The van der Waals surface area contributed by atoms with Crippen LogP contribution < -0.4 is 0 Å². The van der Waals surface area contributed by atoms with Crippen molar-refractivity contribution in [1.29, 1.82) is 0 Å². The summed E-state index contributed by atoms with van der Waals surface area (Å²) in [7, 11) is -4.13. The van der Waals surface area contributed by atoms with E-state index >= 15 is 0 Å². The summed E-state index contributed by atoms with van der Waals surface area (Å²) >= 11 is 0. The monoisotopic (exact) mass is 151 g/mol. The Morgan fingerprint density at radius 1 is 1.56 bits per heavy atom.